The number of amides is 1. The molecule has 1 aromatic carbocycles. The highest BCUT2D eigenvalue weighted by Gasteiger charge is 2.30. The molecule has 1 amide bonds. The van der Waals surface area contributed by atoms with Gasteiger partial charge in [0.05, 0.1) is 13.2 Å². The van der Waals surface area contributed by atoms with Crippen LogP contribution in [0.3, 0.4) is 0 Å². The predicted octanol–water partition coefficient (Wildman–Crippen LogP) is 3.82. The first-order valence-electron chi connectivity index (χ1n) is 8.84. The first-order chi connectivity index (χ1) is 12.3. The predicted molar refractivity (Wildman–Crippen MR) is 96.1 cm³/mol. The smallest absolute Gasteiger partial charge is 0.408 e. The summed E-state index contributed by atoms with van der Waals surface area (Å²) in [5.41, 5.74) is 2.42. The average molecular weight is 359 g/mol. The van der Waals surface area contributed by atoms with Crippen molar-refractivity contribution in [3.05, 3.63) is 29.2 Å². The number of hydrogen-bond acceptors (Lipinski definition) is 6. The first-order valence-corrected chi connectivity index (χ1v) is 8.84. The quantitative estimate of drug-likeness (QED) is 0.893. The standard InChI is InChI=1S/C19H25N3O4/c1-6-15-21-17(22-26-15)12-9-11-7-8-13(16(11)14(10-12)24-5)20-18(23)25-19(2,3)4/h9-10,13H,6-8H2,1-5H3,(H,20,23)/t13-/m1/s1. The van der Waals surface area contributed by atoms with Crippen LogP contribution in [0.2, 0.25) is 0 Å². The third-order valence-electron chi connectivity index (χ3n) is 4.22. The van der Waals surface area contributed by atoms with Gasteiger partial charge in [-0.1, -0.05) is 12.1 Å². The number of fused-ring (bicyclic) bond motifs is 1. The Labute approximate surface area is 153 Å². The van der Waals surface area contributed by atoms with Gasteiger partial charge in [-0.3, -0.25) is 0 Å². The molecule has 26 heavy (non-hydrogen) atoms. The Kier molecular flexibility index (Phi) is 4.89. The number of alkyl carbamates (subject to hydrolysis) is 1. The van der Waals surface area contributed by atoms with Gasteiger partial charge >= 0.3 is 6.09 Å². The Balaban J connectivity index is 1.87. The third-order valence-corrected chi connectivity index (χ3v) is 4.22. The van der Waals surface area contributed by atoms with Crippen molar-refractivity contribution in [3.8, 4) is 17.1 Å². The average Bonchev–Trinajstić information content (AvgIpc) is 3.19. The zero-order valence-electron chi connectivity index (χ0n) is 15.9. The van der Waals surface area contributed by atoms with Crippen molar-refractivity contribution in [1.29, 1.82) is 0 Å². The van der Waals surface area contributed by atoms with Crippen molar-refractivity contribution in [2.45, 2.75) is 58.6 Å². The van der Waals surface area contributed by atoms with Gasteiger partial charge in [-0.25, -0.2) is 4.79 Å². The fourth-order valence-electron chi connectivity index (χ4n) is 3.14. The Bertz CT molecular complexity index is 808. The summed E-state index contributed by atoms with van der Waals surface area (Å²) in [5.74, 6) is 1.86. The van der Waals surface area contributed by atoms with Crippen LogP contribution in [0.1, 0.15) is 57.2 Å². The van der Waals surface area contributed by atoms with E-state index in [1.807, 2.05) is 39.8 Å². The number of carbonyl (C=O) groups excluding carboxylic acids is 1. The summed E-state index contributed by atoms with van der Waals surface area (Å²) in [5, 5.41) is 6.98. The summed E-state index contributed by atoms with van der Waals surface area (Å²) < 4.78 is 16.2. The minimum atomic E-state index is -0.533. The van der Waals surface area contributed by atoms with E-state index in [1.165, 1.54) is 0 Å². The van der Waals surface area contributed by atoms with E-state index in [-0.39, 0.29) is 6.04 Å². The number of rotatable bonds is 4. The Morgan fingerprint density at radius 3 is 2.77 bits per heavy atom. The molecule has 0 bridgehead atoms. The number of nitrogens with one attached hydrogen (secondary N) is 1. The third kappa shape index (κ3) is 3.81. The van der Waals surface area contributed by atoms with Gasteiger partial charge in [-0.05, 0) is 51.3 Å². The van der Waals surface area contributed by atoms with Crippen LogP contribution >= 0.6 is 0 Å². The van der Waals surface area contributed by atoms with Gasteiger partial charge in [0, 0.05) is 17.5 Å². The highest BCUT2D eigenvalue weighted by molar-refractivity contribution is 5.70. The van der Waals surface area contributed by atoms with Crippen LogP contribution in [-0.2, 0) is 17.6 Å². The molecule has 2 aromatic rings. The van der Waals surface area contributed by atoms with Gasteiger partial charge < -0.3 is 19.3 Å². The normalized spacial score (nSPS) is 16.3. The molecule has 0 radical (unpaired) electrons. The van der Waals surface area contributed by atoms with Gasteiger partial charge in [-0.2, -0.15) is 4.98 Å². The van der Waals surface area contributed by atoms with Crippen LogP contribution in [0.25, 0.3) is 11.4 Å². The lowest BCUT2D eigenvalue weighted by Gasteiger charge is -2.23. The summed E-state index contributed by atoms with van der Waals surface area (Å²) >= 11 is 0. The molecule has 0 spiro atoms. The van der Waals surface area contributed by atoms with E-state index < -0.39 is 11.7 Å². The largest absolute Gasteiger partial charge is 0.496 e. The fourth-order valence-corrected chi connectivity index (χ4v) is 3.14. The lowest BCUT2D eigenvalue weighted by atomic mass is 10.0. The fraction of sp³-hybridized carbons (Fsp3) is 0.526. The van der Waals surface area contributed by atoms with Crippen molar-refractivity contribution in [2.75, 3.05) is 7.11 Å². The van der Waals surface area contributed by atoms with E-state index in [2.05, 4.69) is 15.5 Å². The van der Waals surface area contributed by atoms with Crippen LogP contribution in [0.5, 0.6) is 5.75 Å². The highest BCUT2D eigenvalue weighted by atomic mass is 16.6. The molecule has 3 rings (SSSR count). The highest BCUT2D eigenvalue weighted by Crippen LogP contribution is 2.40. The number of aryl methyl sites for hydroxylation is 2. The second-order valence-corrected chi connectivity index (χ2v) is 7.35. The Morgan fingerprint density at radius 1 is 1.38 bits per heavy atom. The first kappa shape index (κ1) is 18.2. The van der Waals surface area contributed by atoms with E-state index in [1.54, 1.807) is 7.11 Å². The molecule has 1 N–H and O–H groups in total. The van der Waals surface area contributed by atoms with Gasteiger partial charge in [0.2, 0.25) is 11.7 Å². The molecular formula is C19H25N3O4. The lowest BCUT2D eigenvalue weighted by molar-refractivity contribution is 0.0503. The summed E-state index contributed by atoms with van der Waals surface area (Å²) in [7, 11) is 1.62. The number of methoxy groups -OCH3 is 1. The van der Waals surface area contributed by atoms with E-state index in [4.69, 9.17) is 14.0 Å². The van der Waals surface area contributed by atoms with E-state index >= 15 is 0 Å². The monoisotopic (exact) mass is 359 g/mol. The number of carbonyl (C=O) groups is 1. The van der Waals surface area contributed by atoms with Crippen molar-refractivity contribution in [1.82, 2.24) is 15.5 Å². The Hall–Kier alpha value is -2.57. The summed E-state index contributed by atoms with van der Waals surface area (Å²) in [4.78, 5) is 16.5. The molecular weight excluding hydrogens is 334 g/mol. The maximum absolute atomic E-state index is 12.1. The van der Waals surface area contributed by atoms with Crippen molar-refractivity contribution in [2.24, 2.45) is 0 Å². The lowest BCUT2D eigenvalue weighted by Crippen LogP contribution is -2.34. The SMILES string of the molecule is CCc1nc(-c2cc3c(c(OC)c2)[C@H](NC(=O)OC(C)(C)C)CC3)no1. The molecule has 1 aromatic heterocycles. The topological polar surface area (TPSA) is 86.5 Å². The maximum Gasteiger partial charge on any atom is 0.408 e. The van der Waals surface area contributed by atoms with Crippen LogP contribution in [0.4, 0.5) is 4.79 Å². The number of benzene rings is 1. The molecule has 1 aliphatic carbocycles. The second kappa shape index (κ2) is 6.97. The molecule has 1 atom stereocenters. The molecule has 0 unspecified atom stereocenters. The van der Waals surface area contributed by atoms with Crippen LogP contribution in [0, 0.1) is 0 Å². The molecule has 1 heterocycles. The summed E-state index contributed by atoms with van der Waals surface area (Å²) in [6, 6.07) is 3.79. The minimum absolute atomic E-state index is 0.139. The van der Waals surface area contributed by atoms with Gasteiger partial charge in [0.1, 0.15) is 11.4 Å². The summed E-state index contributed by atoms with van der Waals surface area (Å²) in [6.45, 7) is 7.50. The van der Waals surface area contributed by atoms with Crippen molar-refractivity contribution >= 4 is 6.09 Å². The molecule has 7 nitrogen and oxygen atoms in total. The van der Waals surface area contributed by atoms with E-state index in [0.29, 0.717) is 23.9 Å². The zero-order valence-corrected chi connectivity index (χ0v) is 15.9. The molecule has 0 saturated carbocycles. The Morgan fingerprint density at radius 2 is 2.15 bits per heavy atom. The number of ether oxygens (including phenoxy) is 2. The molecule has 0 fully saturated rings. The maximum atomic E-state index is 12.1. The molecule has 0 saturated heterocycles. The van der Waals surface area contributed by atoms with Crippen molar-refractivity contribution < 1.29 is 18.8 Å². The van der Waals surface area contributed by atoms with Crippen LogP contribution in [-0.4, -0.2) is 28.9 Å². The minimum Gasteiger partial charge on any atom is -0.496 e. The van der Waals surface area contributed by atoms with Gasteiger partial charge in [0.15, 0.2) is 0 Å². The zero-order chi connectivity index (χ0) is 18.9. The second-order valence-electron chi connectivity index (χ2n) is 7.35. The van der Waals surface area contributed by atoms with Crippen molar-refractivity contribution in [3.63, 3.8) is 0 Å². The molecule has 0 aliphatic heterocycles. The van der Waals surface area contributed by atoms with Gasteiger partial charge in [-0.15, -0.1) is 0 Å². The van der Waals surface area contributed by atoms with E-state index in [9.17, 15) is 4.79 Å². The van der Waals surface area contributed by atoms with E-state index in [0.717, 1.165) is 29.5 Å². The van der Waals surface area contributed by atoms with Gasteiger partial charge in [0.25, 0.3) is 0 Å². The van der Waals surface area contributed by atoms with Crippen LogP contribution in [0.15, 0.2) is 16.7 Å². The molecule has 7 heteroatoms. The number of nitrogens with zero attached hydrogens (tertiary/aromatic N) is 2. The number of aromatic nitrogens is 2. The van der Waals surface area contributed by atoms with Crippen LogP contribution < -0.4 is 10.1 Å². The molecule has 140 valence electrons. The summed E-state index contributed by atoms with van der Waals surface area (Å²) in [6.07, 6.45) is 1.89. The number of hydrogen-bond donors (Lipinski definition) is 1. The molecule has 1 aliphatic rings.